The van der Waals surface area contributed by atoms with Crippen LogP contribution in [0.25, 0.3) is 0 Å². The summed E-state index contributed by atoms with van der Waals surface area (Å²) in [6, 6.07) is 0. The van der Waals surface area contributed by atoms with E-state index in [4.69, 9.17) is 5.73 Å². The third-order valence-electron chi connectivity index (χ3n) is 7.09. The van der Waals surface area contributed by atoms with Gasteiger partial charge in [0.1, 0.15) is 0 Å². The Bertz CT molecular complexity index is 280. The molecule has 0 aromatic heterocycles. The van der Waals surface area contributed by atoms with Gasteiger partial charge in [0.25, 0.3) is 0 Å². The Morgan fingerprint density at radius 3 is 1.83 bits per heavy atom. The van der Waals surface area contributed by atoms with Crippen LogP contribution in [0, 0.1) is 35.0 Å². The number of nitrogens with two attached hydrogens (primary N) is 1. The Balaban J connectivity index is 1.61. The molecule has 1 atom stereocenters. The summed E-state index contributed by atoms with van der Waals surface area (Å²) in [4.78, 5) is 0. The molecule has 1 heteroatoms. The van der Waals surface area contributed by atoms with Crippen LogP contribution in [-0.2, 0) is 0 Å². The Morgan fingerprint density at radius 2 is 1.39 bits per heavy atom. The van der Waals surface area contributed by atoms with Gasteiger partial charge in [0.15, 0.2) is 0 Å². The van der Waals surface area contributed by atoms with Gasteiger partial charge in [-0.2, -0.15) is 0 Å². The maximum atomic E-state index is 6.27. The van der Waals surface area contributed by atoms with Crippen LogP contribution in [0.4, 0.5) is 0 Å². The van der Waals surface area contributed by atoms with Crippen molar-refractivity contribution in [3.05, 3.63) is 0 Å². The Hall–Kier alpha value is -0.0400. The molecule has 4 bridgehead atoms. The Labute approximate surface area is 112 Å². The van der Waals surface area contributed by atoms with E-state index in [1.807, 2.05) is 0 Å². The first kappa shape index (κ1) is 11.8. The van der Waals surface area contributed by atoms with Crippen molar-refractivity contribution in [2.24, 2.45) is 40.7 Å². The molecule has 0 spiro atoms. The molecule has 0 aliphatic heterocycles. The van der Waals surface area contributed by atoms with Gasteiger partial charge < -0.3 is 5.73 Å². The van der Waals surface area contributed by atoms with Crippen molar-refractivity contribution >= 4 is 0 Å². The van der Waals surface area contributed by atoms with Gasteiger partial charge in [-0.1, -0.05) is 25.7 Å². The number of hydrogen-bond acceptors (Lipinski definition) is 1. The first-order chi connectivity index (χ1) is 8.79. The second-order valence-electron chi connectivity index (χ2n) is 8.17. The molecule has 18 heavy (non-hydrogen) atoms. The van der Waals surface area contributed by atoms with Gasteiger partial charge in [-0.15, -0.1) is 0 Å². The summed E-state index contributed by atoms with van der Waals surface area (Å²) in [7, 11) is 0. The summed E-state index contributed by atoms with van der Waals surface area (Å²) in [5.41, 5.74) is 6.98. The van der Waals surface area contributed by atoms with E-state index in [9.17, 15) is 0 Å². The Kier molecular flexibility index (Phi) is 2.76. The molecule has 0 aromatic rings. The van der Waals surface area contributed by atoms with Crippen molar-refractivity contribution in [2.45, 2.75) is 64.2 Å². The average Bonchev–Trinajstić information content (AvgIpc) is 2.81. The van der Waals surface area contributed by atoms with Gasteiger partial charge in [0, 0.05) is 0 Å². The summed E-state index contributed by atoms with van der Waals surface area (Å²) >= 11 is 0. The Morgan fingerprint density at radius 1 is 0.889 bits per heavy atom. The molecule has 0 aromatic carbocycles. The molecule has 0 heterocycles. The monoisotopic (exact) mass is 247 g/mol. The highest BCUT2D eigenvalue weighted by atomic mass is 14.7. The highest BCUT2D eigenvalue weighted by molar-refractivity contribution is 5.05. The lowest BCUT2D eigenvalue weighted by molar-refractivity contribution is -0.0981. The number of rotatable bonds is 3. The minimum Gasteiger partial charge on any atom is -0.330 e. The molecular formula is C17H29N. The second kappa shape index (κ2) is 4.23. The average molecular weight is 247 g/mol. The summed E-state index contributed by atoms with van der Waals surface area (Å²) in [5.74, 6) is 5.14. The first-order valence-electron chi connectivity index (χ1n) is 8.49. The molecule has 5 rings (SSSR count). The van der Waals surface area contributed by atoms with Crippen molar-refractivity contribution < 1.29 is 0 Å². The maximum Gasteiger partial charge on any atom is -0.00409 e. The number of hydrogen-bond donors (Lipinski definition) is 1. The minimum atomic E-state index is 0.707. The summed E-state index contributed by atoms with van der Waals surface area (Å²) in [5, 5.41) is 0. The van der Waals surface area contributed by atoms with Gasteiger partial charge in [-0.05, 0) is 80.1 Å². The van der Waals surface area contributed by atoms with E-state index in [0.717, 1.165) is 36.1 Å². The normalized spacial score (nSPS) is 48.8. The van der Waals surface area contributed by atoms with Crippen LogP contribution in [0.5, 0.6) is 0 Å². The first-order valence-corrected chi connectivity index (χ1v) is 8.49. The van der Waals surface area contributed by atoms with Crippen LogP contribution in [-0.4, -0.2) is 6.54 Å². The maximum absolute atomic E-state index is 6.27. The van der Waals surface area contributed by atoms with Crippen molar-refractivity contribution in [3.8, 4) is 0 Å². The van der Waals surface area contributed by atoms with Gasteiger partial charge >= 0.3 is 0 Å². The van der Waals surface area contributed by atoms with Crippen molar-refractivity contribution in [2.75, 3.05) is 6.54 Å². The summed E-state index contributed by atoms with van der Waals surface area (Å²) < 4.78 is 0. The van der Waals surface area contributed by atoms with E-state index in [1.54, 1.807) is 38.5 Å². The molecule has 5 saturated carbocycles. The fourth-order valence-corrected chi connectivity index (χ4v) is 6.93. The van der Waals surface area contributed by atoms with Crippen LogP contribution in [0.15, 0.2) is 0 Å². The van der Waals surface area contributed by atoms with Crippen LogP contribution in [0.1, 0.15) is 64.2 Å². The quantitative estimate of drug-likeness (QED) is 0.802. The molecule has 1 nitrogen and oxygen atoms in total. The topological polar surface area (TPSA) is 26.0 Å². The van der Waals surface area contributed by atoms with Crippen LogP contribution in [0.2, 0.25) is 0 Å². The summed E-state index contributed by atoms with van der Waals surface area (Å²) in [6.07, 6.45) is 15.3. The van der Waals surface area contributed by atoms with Gasteiger partial charge in [-0.3, -0.25) is 0 Å². The fourth-order valence-electron chi connectivity index (χ4n) is 6.93. The lowest BCUT2D eigenvalue weighted by atomic mass is 9.45. The zero-order valence-corrected chi connectivity index (χ0v) is 11.7. The molecular weight excluding hydrogens is 218 g/mol. The van der Waals surface area contributed by atoms with E-state index in [-0.39, 0.29) is 0 Å². The van der Waals surface area contributed by atoms with Crippen molar-refractivity contribution in [1.82, 2.24) is 0 Å². The fraction of sp³-hybridized carbons (Fsp3) is 1.00. The van der Waals surface area contributed by atoms with Crippen LogP contribution >= 0.6 is 0 Å². The lowest BCUT2D eigenvalue weighted by Gasteiger charge is -2.60. The van der Waals surface area contributed by atoms with Gasteiger partial charge in [0.05, 0.1) is 0 Å². The zero-order valence-electron chi connectivity index (χ0n) is 11.7. The standard InChI is InChI=1S/C17H29N/c18-11-16(15-3-1-2-4-15)17-8-12-5-13(9-17)7-14(6-12)10-17/h12-16H,1-11,18H2. The molecule has 0 saturated heterocycles. The second-order valence-corrected chi connectivity index (χ2v) is 8.17. The molecule has 1 unspecified atom stereocenters. The van der Waals surface area contributed by atoms with Gasteiger partial charge in [0.2, 0.25) is 0 Å². The molecule has 5 aliphatic rings. The van der Waals surface area contributed by atoms with E-state index >= 15 is 0 Å². The van der Waals surface area contributed by atoms with E-state index in [2.05, 4.69) is 0 Å². The highest BCUT2D eigenvalue weighted by Crippen LogP contribution is 2.64. The largest absolute Gasteiger partial charge is 0.330 e. The highest BCUT2D eigenvalue weighted by Gasteiger charge is 2.55. The molecule has 0 radical (unpaired) electrons. The SMILES string of the molecule is NCC(C1CCCC1)C12CC3CC(CC(C3)C1)C2. The van der Waals surface area contributed by atoms with E-state index in [0.29, 0.717) is 5.41 Å². The van der Waals surface area contributed by atoms with Crippen LogP contribution < -0.4 is 5.73 Å². The predicted molar refractivity (Wildman–Crippen MR) is 75.1 cm³/mol. The van der Waals surface area contributed by atoms with Crippen molar-refractivity contribution in [1.29, 1.82) is 0 Å². The third-order valence-corrected chi connectivity index (χ3v) is 7.09. The minimum absolute atomic E-state index is 0.707. The van der Waals surface area contributed by atoms with Crippen molar-refractivity contribution in [3.63, 3.8) is 0 Å². The smallest absolute Gasteiger partial charge is 0.00409 e. The van der Waals surface area contributed by atoms with E-state index in [1.165, 1.54) is 25.7 Å². The molecule has 5 fully saturated rings. The van der Waals surface area contributed by atoms with E-state index < -0.39 is 0 Å². The van der Waals surface area contributed by atoms with Crippen LogP contribution in [0.3, 0.4) is 0 Å². The summed E-state index contributed by atoms with van der Waals surface area (Å²) in [6.45, 7) is 0.983. The molecule has 2 N–H and O–H groups in total. The zero-order chi connectivity index (χ0) is 12.2. The van der Waals surface area contributed by atoms with Gasteiger partial charge in [-0.25, -0.2) is 0 Å². The third kappa shape index (κ3) is 1.69. The lowest BCUT2D eigenvalue weighted by Crippen LogP contribution is -2.52. The molecule has 0 amide bonds. The molecule has 102 valence electrons. The molecule has 5 aliphatic carbocycles. The predicted octanol–water partition coefficient (Wildman–Crippen LogP) is 3.97.